The first kappa shape index (κ1) is 18.0. The van der Waals surface area contributed by atoms with Crippen LogP contribution in [0.5, 0.6) is 0 Å². The van der Waals surface area contributed by atoms with E-state index < -0.39 is 0 Å². The van der Waals surface area contributed by atoms with Gasteiger partial charge in [-0.3, -0.25) is 0 Å². The molecular formula is C18H38. The Bertz CT molecular complexity index is 180. The second-order valence-corrected chi connectivity index (χ2v) is 7.30. The molecule has 0 radical (unpaired) electrons. The zero-order chi connectivity index (χ0) is 14.1. The molecule has 0 aliphatic carbocycles. The number of hydrogen-bond donors (Lipinski definition) is 0. The smallest absolute Gasteiger partial charge is 0.0365 e. The summed E-state index contributed by atoms with van der Waals surface area (Å²) in [5, 5.41) is 0. The molecule has 3 atom stereocenters. The second-order valence-electron chi connectivity index (χ2n) is 7.30. The molecule has 0 nitrogen and oxygen atoms in total. The van der Waals surface area contributed by atoms with E-state index in [1.54, 1.807) is 0 Å². The lowest BCUT2D eigenvalue weighted by Gasteiger charge is -2.28. The highest BCUT2D eigenvalue weighted by Gasteiger charge is 2.20. The Morgan fingerprint density at radius 2 is 1.33 bits per heavy atom. The summed E-state index contributed by atoms with van der Waals surface area (Å²) in [7, 11) is 0. The van der Waals surface area contributed by atoms with E-state index in [0.717, 1.165) is 29.6 Å². The van der Waals surface area contributed by atoms with Gasteiger partial charge in [0.1, 0.15) is 0 Å². The minimum absolute atomic E-state index is 0.850. The van der Waals surface area contributed by atoms with E-state index in [4.69, 9.17) is 0 Å². The van der Waals surface area contributed by atoms with Gasteiger partial charge >= 0.3 is 0 Å². The van der Waals surface area contributed by atoms with E-state index >= 15 is 0 Å². The van der Waals surface area contributed by atoms with Gasteiger partial charge in [-0.2, -0.15) is 0 Å². The Kier molecular flexibility index (Phi) is 9.87. The van der Waals surface area contributed by atoms with Gasteiger partial charge < -0.3 is 0 Å². The molecule has 0 aliphatic heterocycles. The minimum Gasteiger partial charge on any atom is -0.0651 e. The molecule has 0 aromatic heterocycles. The molecular weight excluding hydrogens is 216 g/mol. The van der Waals surface area contributed by atoms with E-state index in [9.17, 15) is 0 Å². The van der Waals surface area contributed by atoms with Crippen molar-refractivity contribution in [3.8, 4) is 0 Å². The Morgan fingerprint density at radius 1 is 0.722 bits per heavy atom. The Balaban J connectivity index is 3.89. The van der Waals surface area contributed by atoms with Gasteiger partial charge in [0.15, 0.2) is 0 Å². The van der Waals surface area contributed by atoms with Crippen LogP contribution < -0.4 is 0 Å². The standard InChI is InChI=1S/C18H38/c1-8-17(7)18(15(4)5)13-12-16(6)11-9-10-14(2)3/h14-18H,8-13H2,1-7H3. The van der Waals surface area contributed by atoms with Crippen molar-refractivity contribution >= 4 is 0 Å². The molecule has 18 heavy (non-hydrogen) atoms. The zero-order valence-corrected chi connectivity index (χ0v) is 14.1. The van der Waals surface area contributed by atoms with Crippen LogP contribution in [-0.4, -0.2) is 0 Å². The molecule has 3 unspecified atom stereocenters. The fourth-order valence-electron chi connectivity index (χ4n) is 3.07. The maximum absolute atomic E-state index is 2.45. The Hall–Kier alpha value is 0. The summed E-state index contributed by atoms with van der Waals surface area (Å²) in [6.07, 6.45) is 8.48. The minimum atomic E-state index is 0.850. The lowest BCUT2D eigenvalue weighted by atomic mass is 9.78. The number of hydrogen-bond acceptors (Lipinski definition) is 0. The zero-order valence-electron chi connectivity index (χ0n) is 14.1. The van der Waals surface area contributed by atoms with Crippen LogP contribution in [0.15, 0.2) is 0 Å². The predicted molar refractivity (Wildman–Crippen MR) is 84.9 cm³/mol. The molecule has 0 saturated heterocycles. The second kappa shape index (κ2) is 9.87. The lowest BCUT2D eigenvalue weighted by molar-refractivity contribution is 0.228. The molecule has 110 valence electrons. The molecule has 0 rings (SSSR count). The van der Waals surface area contributed by atoms with Gasteiger partial charge in [0.2, 0.25) is 0 Å². The highest BCUT2D eigenvalue weighted by atomic mass is 14.3. The van der Waals surface area contributed by atoms with E-state index in [2.05, 4.69) is 48.5 Å². The van der Waals surface area contributed by atoms with Gasteiger partial charge in [0, 0.05) is 0 Å². The van der Waals surface area contributed by atoms with Gasteiger partial charge in [-0.05, 0) is 36.0 Å². The molecule has 0 aromatic rings. The van der Waals surface area contributed by atoms with Crippen LogP contribution >= 0.6 is 0 Å². The fourth-order valence-corrected chi connectivity index (χ4v) is 3.07. The fraction of sp³-hybridized carbons (Fsp3) is 1.00. The molecule has 0 amide bonds. The molecule has 0 bridgehead atoms. The molecule has 0 saturated carbocycles. The first-order valence-corrected chi connectivity index (χ1v) is 8.38. The highest BCUT2D eigenvalue weighted by molar-refractivity contribution is 4.70. The third-order valence-corrected chi connectivity index (χ3v) is 4.70. The Labute approximate surface area is 117 Å². The largest absolute Gasteiger partial charge is 0.0651 e. The monoisotopic (exact) mass is 254 g/mol. The summed E-state index contributed by atoms with van der Waals surface area (Å²) in [4.78, 5) is 0. The molecule has 0 fully saturated rings. The van der Waals surface area contributed by atoms with Crippen molar-refractivity contribution in [3.05, 3.63) is 0 Å². The average molecular weight is 255 g/mol. The van der Waals surface area contributed by atoms with Crippen LogP contribution in [0.4, 0.5) is 0 Å². The van der Waals surface area contributed by atoms with Gasteiger partial charge in [0.05, 0.1) is 0 Å². The van der Waals surface area contributed by atoms with Crippen LogP contribution in [0.3, 0.4) is 0 Å². The van der Waals surface area contributed by atoms with Crippen molar-refractivity contribution < 1.29 is 0 Å². The van der Waals surface area contributed by atoms with E-state index in [1.807, 2.05) is 0 Å². The molecule has 0 N–H and O–H groups in total. The molecule has 0 heteroatoms. The summed E-state index contributed by atoms with van der Waals surface area (Å²) in [6.45, 7) is 16.7. The third-order valence-electron chi connectivity index (χ3n) is 4.70. The topological polar surface area (TPSA) is 0 Å². The highest BCUT2D eigenvalue weighted by Crippen LogP contribution is 2.30. The normalized spacial score (nSPS) is 17.2. The van der Waals surface area contributed by atoms with Crippen molar-refractivity contribution in [1.82, 2.24) is 0 Å². The van der Waals surface area contributed by atoms with Crippen LogP contribution in [0.1, 0.15) is 87.0 Å². The van der Waals surface area contributed by atoms with Gasteiger partial charge in [-0.15, -0.1) is 0 Å². The van der Waals surface area contributed by atoms with Gasteiger partial charge in [-0.25, -0.2) is 0 Å². The van der Waals surface area contributed by atoms with Crippen molar-refractivity contribution in [2.45, 2.75) is 87.0 Å². The molecule has 0 heterocycles. The van der Waals surface area contributed by atoms with Crippen LogP contribution in [0.25, 0.3) is 0 Å². The third kappa shape index (κ3) is 8.16. The number of rotatable bonds is 10. The van der Waals surface area contributed by atoms with Crippen LogP contribution in [0.2, 0.25) is 0 Å². The van der Waals surface area contributed by atoms with Crippen molar-refractivity contribution in [3.63, 3.8) is 0 Å². The van der Waals surface area contributed by atoms with Crippen molar-refractivity contribution in [2.24, 2.45) is 29.6 Å². The summed E-state index contributed by atoms with van der Waals surface area (Å²) >= 11 is 0. The first-order valence-electron chi connectivity index (χ1n) is 8.38. The summed E-state index contributed by atoms with van der Waals surface area (Å²) < 4.78 is 0. The van der Waals surface area contributed by atoms with Crippen LogP contribution in [0, 0.1) is 29.6 Å². The van der Waals surface area contributed by atoms with Crippen LogP contribution in [-0.2, 0) is 0 Å². The SMILES string of the molecule is CCC(C)C(CCC(C)CCCC(C)C)C(C)C. The average Bonchev–Trinajstić information content (AvgIpc) is 2.27. The van der Waals surface area contributed by atoms with E-state index in [1.165, 1.54) is 38.5 Å². The lowest BCUT2D eigenvalue weighted by Crippen LogP contribution is -2.18. The van der Waals surface area contributed by atoms with E-state index in [-0.39, 0.29) is 0 Å². The summed E-state index contributed by atoms with van der Waals surface area (Å²) in [5.74, 6) is 4.48. The first-order chi connectivity index (χ1) is 8.38. The molecule has 0 aromatic carbocycles. The molecule has 0 aliphatic rings. The van der Waals surface area contributed by atoms with Gasteiger partial charge in [0.25, 0.3) is 0 Å². The van der Waals surface area contributed by atoms with Crippen molar-refractivity contribution in [2.75, 3.05) is 0 Å². The Morgan fingerprint density at radius 3 is 1.78 bits per heavy atom. The molecule has 0 spiro atoms. The summed E-state index contributed by atoms with van der Waals surface area (Å²) in [6, 6.07) is 0. The maximum atomic E-state index is 2.45. The van der Waals surface area contributed by atoms with Crippen molar-refractivity contribution in [1.29, 1.82) is 0 Å². The van der Waals surface area contributed by atoms with Gasteiger partial charge in [-0.1, -0.05) is 80.6 Å². The van der Waals surface area contributed by atoms with E-state index in [0.29, 0.717) is 0 Å². The maximum Gasteiger partial charge on any atom is -0.0365 e. The summed E-state index contributed by atoms with van der Waals surface area (Å²) in [5.41, 5.74) is 0. The predicted octanol–water partition coefficient (Wildman–Crippen LogP) is 6.55. The quantitative estimate of drug-likeness (QED) is 0.415.